The molecule has 0 radical (unpaired) electrons. The molecule has 5 rings (SSSR count). The molecule has 0 aromatic heterocycles. The topological polar surface area (TPSA) is 52.6 Å². The Balaban J connectivity index is 1.15. The zero-order valence-corrected chi connectivity index (χ0v) is 24.2. The van der Waals surface area contributed by atoms with Crippen LogP contribution in [0, 0.1) is 5.41 Å². The van der Waals surface area contributed by atoms with Gasteiger partial charge in [-0.05, 0) is 73.5 Å². The maximum Gasteiger partial charge on any atom is 0.229 e. The van der Waals surface area contributed by atoms with Crippen molar-refractivity contribution in [3.8, 4) is 0 Å². The third kappa shape index (κ3) is 6.76. The minimum absolute atomic E-state index is 0.0273. The van der Waals surface area contributed by atoms with E-state index in [2.05, 4.69) is 58.4 Å². The van der Waals surface area contributed by atoms with Gasteiger partial charge in [0.15, 0.2) is 0 Å². The van der Waals surface area contributed by atoms with Crippen LogP contribution < -0.4 is 5.32 Å². The highest BCUT2D eigenvalue weighted by atomic mass is 35.5. The maximum atomic E-state index is 13.5. The van der Waals surface area contributed by atoms with Crippen molar-refractivity contribution >= 4 is 23.4 Å². The quantitative estimate of drug-likeness (QED) is 0.322. The number of likely N-dealkylation sites (tertiary alicyclic amines) is 2. The van der Waals surface area contributed by atoms with Crippen molar-refractivity contribution in [2.45, 2.75) is 58.0 Å². The van der Waals surface area contributed by atoms with Crippen LogP contribution in [0.5, 0.6) is 0 Å². The predicted octanol–water partition coefficient (Wildman–Crippen LogP) is 6.21. The summed E-state index contributed by atoms with van der Waals surface area (Å²) >= 11 is 6.29. The van der Waals surface area contributed by atoms with Crippen molar-refractivity contribution in [2.24, 2.45) is 5.41 Å². The number of carbonyl (C=O) groups is 2. The number of piperidine rings is 1. The highest BCUT2D eigenvalue weighted by Gasteiger charge is 2.47. The van der Waals surface area contributed by atoms with Crippen LogP contribution in [0.2, 0.25) is 5.02 Å². The zero-order chi connectivity index (χ0) is 28.0. The Morgan fingerprint density at radius 3 is 2.25 bits per heavy atom. The van der Waals surface area contributed by atoms with E-state index in [0.29, 0.717) is 17.5 Å². The number of benzene rings is 3. The first-order chi connectivity index (χ1) is 19.5. The minimum Gasteiger partial charge on any atom is -0.349 e. The van der Waals surface area contributed by atoms with Crippen molar-refractivity contribution in [3.05, 3.63) is 106 Å². The van der Waals surface area contributed by atoms with E-state index in [9.17, 15) is 9.59 Å². The standard InChI is InChI=1S/C34H40ClN3O2/c1-2-26-12-14-27(15-13-26)25-38-23-19-34(33(38)40)17-21-37(22-18-34)20-16-31(28-8-4-3-5-9-28)36-32(39)24-29-10-6-7-11-30(29)35/h3-15,31H,2,16-25H2,1H3,(H,36,39). The molecular weight excluding hydrogens is 518 g/mol. The summed E-state index contributed by atoms with van der Waals surface area (Å²) in [5, 5.41) is 3.87. The van der Waals surface area contributed by atoms with Crippen molar-refractivity contribution < 1.29 is 9.59 Å². The van der Waals surface area contributed by atoms with Crippen molar-refractivity contribution in [1.82, 2.24) is 15.1 Å². The molecule has 3 aromatic rings. The molecule has 2 heterocycles. The summed E-state index contributed by atoms with van der Waals surface area (Å²) in [5.74, 6) is 0.307. The second-order valence-electron chi connectivity index (χ2n) is 11.4. The fraction of sp³-hybridized carbons (Fsp3) is 0.412. The maximum absolute atomic E-state index is 13.5. The highest BCUT2D eigenvalue weighted by molar-refractivity contribution is 6.31. The van der Waals surface area contributed by atoms with Crippen molar-refractivity contribution in [1.29, 1.82) is 0 Å². The van der Waals surface area contributed by atoms with Gasteiger partial charge in [-0.25, -0.2) is 0 Å². The average Bonchev–Trinajstić information content (AvgIpc) is 3.28. The average molecular weight is 558 g/mol. The van der Waals surface area contributed by atoms with Crippen LogP contribution in [0.25, 0.3) is 0 Å². The van der Waals surface area contributed by atoms with Crippen LogP contribution in [0.15, 0.2) is 78.9 Å². The summed E-state index contributed by atoms with van der Waals surface area (Å²) in [4.78, 5) is 31.0. The lowest BCUT2D eigenvalue weighted by Gasteiger charge is -2.38. The van der Waals surface area contributed by atoms with Crippen LogP contribution >= 0.6 is 11.6 Å². The van der Waals surface area contributed by atoms with Gasteiger partial charge in [-0.15, -0.1) is 0 Å². The molecule has 1 N–H and O–H groups in total. The van der Waals surface area contributed by atoms with Gasteiger partial charge in [0.2, 0.25) is 11.8 Å². The van der Waals surface area contributed by atoms with E-state index >= 15 is 0 Å². The number of halogens is 1. The molecule has 210 valence electrons. The first-order valence-electron chi connectivity index (χ1n) is 14.6. The van der Waals surface area contributed by atoms with Gasteiger partial charge in [-0.2, -0.15) is 0 Å². The number of rotatable bonds is 10. The third-order valence-electron chi connectivity index (χ3n) is 8.80. The number of aryl methyl sites for hydroxylation is 1. The van der Waals surface area contributed by atoms with E-state index in [-0.39, 0.29) is 23.8 Å². The molecule has 2 fully saturated rings. The second kappa shape index (κ2) is 13.0. The summed E-state index contributed by atoms with van der Waals surface area (Å²) in [6.07, 6.45) is 4.88. The van der Waals surface area contributed by atoms with Gasteiger partial charge in [0, 0.05) is 24.7 Å². The molecule has 0 bridgehead atoms. The lowest BCUT2D eigenvalue weighted by atomic mass is 9.77. The molecule has 40 heavy (non-hydrogen) atoms. The Kier molecular flexibility index (Phi) is 9.23. The third-order valence-corrected chi connectivity index (χ3v) is 9.17. The van der Waals surface area contributed by atoms with Gasteiger partial charge in [-0.1, -0.05) is 91.3 Å². The SMILES string of the molecule is CCc1ccc(CN2CCC3(CCN(CCC(NC(=O)Cc4ccccc4Cl)c4ccccc4)CC3)C2=O)cc1. The van der Waals surface area contributed by atoms with Gasteiger partial charge in [0.05, 0.1) is 17.9 Å². The number of hydrogen-bond acceptors (Lipinski definition) is 3. The molecule has 1 atom stereocenters. The van der Waals surface area contributed by atoms with E-state index in [0.717, 1.165) is 69.4 Å². The molecule has 3 aromatic carbocycles. The molecule has 1 spiro atoms. The summed E-state index contributed by atoms with van der Waals surface area (Å²) in [6, 6.07) is 26.3. The Morgan fingerprint density at radius 2 is 1.55 bits per heavy atom. The van der Waals surface area contributed by atoms with Crippen molar-refractivity contribution in [2.75, 3.05) is 26.2 Å². The number of carbonyl (C=O) groups excluding carboxylic acids is 2. The fourth-order valence-electron chi connectivity index (χ4n) is 6.19. The van der Waals surface area contributed by atoms with Crippen LogP contribution in [0.1, 0.15) is 60.9 Å². The monoisotopic (exact) mass is 557 g/mol. The number of amides is 2. The summed E-state index contributed by atoms with van der Waals surface area (Å²) in [5.41, 5.74) is 4.28. The summed E-state index contributed by atoms with van der Waals surface area (Å²) in [6.45, 7) is 6.43. The molecule has 2 amide bonds. The Hall–Kier alpha value is -3.15. The van der Waals surface area contributed by atoms with E-state index in [1.54, 1.807) is 0 Å². The molecule has 5 nitrogen and oxygen atoms in total. The smallest absolute Gasteiger partial charge is 0.229 e. The molecule has 0 saturated carbocycles. The van der Waals surface area contributed by atoms with Gasteiger partial charge in [0.25, 0.3) is 0 Å². The predicted molar refractivity (Wildman–Crippen MR) is 161 cm³/mol. The molecule has 2 aliphatic heterocycles. The lowest BCUT2D eigenvalue weighted by molar-refractivity contribution is -0.139. The van der Waals surface area contributed by atoms with E-state index in [4.69, 9.17) is 11.6 Å². The van der Waals surface area contributed by atoms with E-state index in [1.165, 1.54) is 11.1 Å². The second-order valence-corrected chi connectivity index (χ2v) is 11.8. The van der Waals surface area contributed by atoms with Gasteiger partial charge >= 0.3 is 0 Å². The van der Waals surface area contributed by atoms with Gasteiger partial charge in [-0.3, -0.25) is 9.59 Å². The largest absolute Gasteiger partial charge is 0.349 e. The Labute approximate surface area is 243 Å². The number of hydrogen-bond donors (Lipinski definition) is 1. The van der Waals surface area contributed by atoms with E-state index < -0.39 is 0 Å². The molecule has 0 aliphatic carbocycles. The first-order valence-corrected chi connectivity index (χ1v) is 15.0. The summed E-state index contributed by atoms with van der Waals surface area (Å²) in [7, 11) is 0. The Bertz CT molecular complexity index is 1290. The minimum atomic E-state index is -0.206. The van der Waals surface area contributed by atoms with Crippen LogP contribution in [-0.4, -0.2) is 47.8 Å². The van der Waals surface area contributed by atoms with Gasteiger partial charge < -0.3 is 15.1 Å². The molecule has 6 heteroatoms. The normalized spacial score (nSPS) is 17.8. The molecule has 2 aliphatic rings. The molecule has 1 unspecified atom stereocenters. The van der Waals surface area contributed by atoms with E-state index in [1.807, 2.05) is 42.5 Å². The van der Waals surface area contributed by atoms with Crippen LogP contribution in [-0.2, 0) is 29.0 Å². The van der Waals surface area contributed by atoms with Gasteiger partial charge in [0.1, 0.15) is 0 Å². The first kappa shape index (κ1) is 28.4. The molecular formula is C34H40ClN3O2. The van der Waals surface area contributed by atoms with Crippen LogP contribution in [0.4, 0.5) is 0 Å². The highest BCUT2D eigenvalue weighted by Crippen LogP contribution is 2.42. The fourth-order valence-corrected chi connectivity index (χ4v) is 6.39. The number of nitrogens with one attached hydrogen (secondary N) is 1. The zero-order valence-electron chi connectivity index (χ0n) is 23.4. The Morgan fingerprint density at radius 1 is 0.900 bits per heavy atom. The lowest BCUT2D eigenvalue weighted by Crippen LogP contribution is -2.45. The molecule has 2 saturated heterocycles. The van der Waals surface area contributed by atoms with Crippen LogP contribution in [0.3, 0.4) is 0 Å². The van der Waals surface area contributed by atoms with Crippen molar-refractivity contribution in [3.63, 3.8) is 0 Å². The number of nitrogens with zero attached hydrogens (tertiary/aromatic N) is 2. The summed E-state index contributed by atoms with van der Waals surface area (Å²) < 4.78 is 0.